The van der Waals surface area contributed by atoms with Crippen LogP contribution in [0, 0.1) is 6.92 Å². The number of ketones is 1. The van der Waals surface area contributed by atoms with Crippen LogP contribution in [0.25, 0.3) is 0 Å². The summed E-state index contributed by atoms with van der Waals surface area (Å²) in [5, 5.41) is 8.76. The average Bonchev–Trinajstić information content (AvgIpc) is 2.45. The number of hydrogen-bond donors (Lipinski definition) is 1. The molecule has 0 saturated heterocycles. The van der Waals surface area contributed by atoms with E-state index in [9.17, 15) is 9.59 Å². The Kier molecular flexibility index (Phi) is 1.89. The number of furan rings is 1. The van der Waals surface area contributed by atoms with Gasteiger partial charge in [0.15, 0.2) is 5.78 Å². The Balaban J connectivity index is 2.60. The molecule has 2 heterocycles. The molecule has 5 nitrogen and oxygen atoms in total. The second-order valence-electron chi connectivity index (χ2n) is 3.08. The zero-order valence-corrected chi connectivity index (χ0v) is 7.49. The van der Waals surface area contributed by atoms with Gasteiger partial charge in [0.1, 0.15) is 19.0 Å². The summed E-state index contributed by atoms with van der Waals surface area (Å²) in [6, 6.07) is 0. The van der Waals surface area contributed by atoms with Crippen LogP contribution in [-0.2, 0) is 11.3 Å². The van der Waals surface area contributed by atoms with E-state index in [2.05, 4.69) is 0 Å². The van der Waals surface area contributed by atoms with Gasteiger partial charge in [-0.05, 0) is 6.92 Å². The number of aromatic carboxylic acids is 1. The third kappa shape index (κ3) is 1.13. The van der Waals surface area contributed by atoms with E-state index in [-0.39, 0.29) is 24.8 Å². The van der Waals surface area contributed by atoms with Gasteiger partial charge in [-0.15, -0.1) is 0 Å². The largest absolute Gasteiger partial charge is 0.475 e. The number of Topliss-reactive ketones (excluding diaryl/α,β-unsaturated/α-hetero) is 1. The van der Waals surface area contributed by atoms with Crippen molar-refractivity contribution in [1.29, 1.82) is 0 Å². The molecule has 0 unspecified atom stereocenters. The fourth-order valence-electron chi connectivity index (χ4n) is 1.55. The summed E-state index contributed by atoms with van der Waals surface area (Å²) in [4.78, 5) is 22.1. The number of carboxylic acid groups (broad SMARTS) is 1. The van der Waals surface area contributed by atoms with Crippen molar-refractivity contribution >= 4 is 11.8 Å². The molecule has 0 fully saturated rings. The van der Waals surface area contributed by atoms with Gasteiger partial charge >= 0.3 is 5.97 Å². The summed E-state index contributed by atoms with van der Waals surface area (Å²) in [6.07, 6.45) is 0. The topological polar surface area (TPSA) is 76.7 Å². The summed E-state index contributed by atoms with van der Waals surface area (Å²) in [5.41, 5.74) is 0.759. The van der Waals surface area contributed by atoms with Gasteiger partial charge in [0.25, 0.3) is 0 Å². The molecule has 14 heavy (non-hydrogen) atoms. The number of carboxylic acids is 1. The van der Waals surface area contributed by atoms with Crippen molar-refractivity contribution in [3.05, 3.63) is 22.6 Å². The van der Waals surface area contributed by atoms with Crippen LogP contribution in [0.3, 0.4) is 0 Å². The van der Waals surface area contributed by atoms with Crippen LogP contribution in [-0.4, -0.2) is 23.5 Å². The van der Waals surface area contributed by atoms with Crippen molar-refractivity contribution in [2.24, 2.45) is 0 Å². The molecule has 0 amide bonds. The third-order valence-electron chi connectivity index (χ3n) is 2.16. The van der Waals surface area contributed by atoms with Gasteiger partial charge in [0, 0.05) is 5.56 Å². The van der Waals surface area contributed by atoms with Crippen molar-refractivity contribution in [2.75, 3.05) is 6.61 Å². The maximum atomic E-state index is 11.4. The Labute approximate surface area is 79.3 Å². The lowest BCUT2D eigenvalue weighted by atomic mass is 10.0. The Morgan fingerprint density at radius 3 is 2.71 bits per heavy atom. The Hall–Kier alpha value is -1.62. The number of ether oxygens (including phenoxy) is 1. The van der Waals surface area contributed by atoms with E-state index in [1.807, 2.05) is 0 Å². The molecule has 74 valence electrons. The lowest BCUT2D eigenvalue weighted by Gasteiger charge is -2.09. The van der Waals surface area contributed by atoms with Crippen LogP contribution in [0.1, 0.15) is 32.2 Å². The molecule has 1 N–H and O–H groups in total. The molecule has 0 radical (unpaired) electrons. The molecular weight excluding hydrogens is 188 g/mol. The van der Waals surface area contributed by atoms with E-state index in [4.69, 9.17) is 14.3 Å². The smallest absolute Gasteiger partial charge is 0.372 e. The number of rotatable bonds is 1. The zero-order valence-electron chi connectivity index (χ0n) is 7.49. The monoisotopic (exact) mass is 196 g/mol. The molecule has 0 aromatic carbocycles. The fourth-order valence-corrected chi connectivity index (χ4v) is 1.55. The molecule has 1 aromatic rings. The summed E-state index contributed by atoms with van der Waals surface area (Å²) in [6.45, 7) is 1.72. The highest BCUT2D eigenvalue weighted by molar-refractivity contribution is 6.02. The minimum Gasteiger partial charge on any atom is -0.475 e. The molecule has 1 aliphatic heterocycles. The number of carbonyl (C=O) groups excluding carboxylic acids is 1. The standard InChI is InChI=1S/C9H8O5/c1-4-7-5(10)2-13-3-6(7)14-8(4)9(11)12/h2-3H2,1H3,(H,11,12). The molecule has 0 atom stereocenters. The van der Waals surface area contributed by atoms with Gasteiger partial charge in [-0.1, -0.05) is 0 Å². The first-order chi connectivity index (χ1) is 6.61. The van der Waals surface area contributed by atoms with E-state index in [0.29, 0.717) is 16.9 Å². The third-order valence-corrected chi connectivity index (χ3v) is 2.16. The predicted molar refractivity (Wildman–Crippen MR) is 44.4 cm³/mol. The van der Waals surface area contributed by atoms with Crippen LogP contribution < -0.4 is 0 Å². The average molecular weight is 196 g/mol. The minimum absolute atomic E-state index is 0.00751. The van der Waals surface area contributed by atoms with Crippen LogP contribution >= 0.6 is 0 Å². The highest BCUT2D eigenvalue weighted by atomic mass is 16.5. The van der Waals surface area contributed by atoms with Crippen LogP contribution in [0.2, 0.25) is 0 Å². The van der Waals surface area contributed by atoms with Gasteiger partial charge in [0.2, 0.25) is 5.76 Å². The fraction of sp³-hybridized carbons (Fsp3) is 0.333. The Morgan fingerprint density at radius 2 is 2.14 bits per heavy atom. The van der Waals surface area contributed by atoms with Crippen molar-refractivity contribution in [1.82, 2.24) is 0 Å². The first-order valence-corrected chi connectivity index (χ1v) is 4.07. The van der Waals surface area contributed by atoms with E-state index in [0.717, 1.165) is 0 Å². The normalized spacial score (nSPS) is 15.4. The second kappa shape index (κ2) is 2.95. The molecule has 1 aliphatic rings. The molecule has 0 spiro atoms. The lowest BCUT2D eigenvalue weighted by molar-refractivity contribution is 0.0579. The van der Waals surface area contributed by atoms with Crippen molar-refractivity contribution in [3.8, 4) is 0 Å². The first-order valence-electron chi connectivity index (χ1n) is 4.07. The second-order valence-corrected chi connectivity index (χ2v) is 3.08. The van der Waals surface area contributed by atoms with E-state index < -0.39 is 5.97 Å². The van der Waals surface area contributed by atoms with Crippen LogP contribution in [0.4, 0.5) is 0 Å². The summed E-state index contributed by atoms with van der Waals surface area (Å²) in [7, 11) is 0. The summed E-state index contributed by atoms with van der Waals surface area (Å²) in [5.74, 6) is -1.24. The van der Waals surface area contributed by atoms with Crippen LogP contribution in [0.15, 0.2) is 4.42 Å². The van der Waals surface area contributed by atoms with Crippen molar-refractivity contribution < 1.29 is 23.8 Å². The highest BCUT2D eigenvalue weighted by Crippen LogP contribution is 2.26. The Bertz CT molecular complexity index is 415. The first kappa shape index (κ1) is 8.96. The maximum Gasteiger partial charge on any atom is 0.372 e. The van der Waals surface area contributed by atoms with E-state index in [1.165, 1.54) is 0 Å². The van der Waals surface area contributed by atoms with E-state index in [1.54, 1.807) is 6.92 Å². The Morgan fingerprint density at radius 1 is 1.43 bits per heavy atom. The van der Waals surface area contributed by atoms with Crippen molar-refractivity contribution in [3.63, 3.8) is 0 Å². The highest BCUT2D eigenvalue weighted by Gasteiger charge is 2.28. The molecule has 0 bridgehead atoms. The van der Waals surface area contributed by atoms with Gasteiger partial charge in [0.05, 0.1) is 5.56 Å². The molecule has 5 heteroatoms. The minimum atomic E-state index is -1.16. The van der Waals surface area contributed by atoms with Gasteiger partial charge in [-0.3, -0.25) is 4.79 Å². The lowest BCUT2D eigenvalue weighted by Crippen LogP contribution is -2.17. The zero-order chi connectivity index (χ0) is 10.3. The van der Waals surface area contributed by atoms with Gasteiger partial charge in [-0.2, -0.15) is 0 Å². The predicted octanol–water partition coefficient (Wildman–Crippen LogP) is 0.999. The van der Waals surface area contributed by atoms with Crippen LogP contribution in [0.5, 0.6) is 0 Å². The summed E-state index contributed by atoms with van der Waals surface area (Å²) < 4.78 is 9.94. The number of carbonyl (C=O) groups is 2. The quantitative estimate of drug-likeness (QED) is 0.724. The molecule has 0 aliphatic carbocycles. The SMILES string of the molecule is Cc1c(C(=O)O)oc2c1C(=O)COC2. The molecule has 0 saturated carbocycles. The summed E-state index contributed by atoms with van der Waals surface area (Å²) >= 11 is 0. The number of hydrogen-bond acceptors (Lipinski definition) is 4. The van der Waals surface area contributed by atoms with E-state index >= 15 is 0 Å². The van der Waals surface area contributed by atoms with Gasteiger partial charge in [-0.25, -0.2) is 4.79 Å². The van der Waals surface area contributed by atoms with Crippen molar-refractivity contribution in [2.45, 2.75) is 13.5 Å². The molecule has 2 rings (SSSR count). The maximum absolute atomic E-state index is 11.4. The number of fused-ring (bicyclic) bond motifs is 1. The molecule has 1 aromatic heterocycles. The van der Waals surface area contributed by atoms with Gasteiger partial charge < -0.3 is 14.3 Å². The molecular formula is C9H8O5.